The summed E-state index contributed by atoms with van der Waals surface area (Å²) >= 11 is 1.67. The molecule has 1 saturated carbocycles. The topological polar surface area (TPSA) is 63.8 Å². The van der Waals surface area contributed by atoms with E-state index in [1.54, 1.807) is 11.3 Å². The van der Waals surface area contributed by atoms with Crippen LogP contribution in [0.3, 0.4) is 0 Å². The Morgan fingerprint density at radius 3 is 2.95 bits per heavy atom. The highest BCUT2D eigenvalue weighted by atomic mass is 32.1. The number of thiophene rings is 1. The maximum Gasteiger partial charge on any atom is 0.223 e. The van der Waals surface area contributed by atoms with Crippen molar-refractivity contribution in [2.75, 3.05) is 17.6 Å². The Balaban J connectivity index is 1.61. The largest absolute Gasteiger partial charge is 0.369 e. The van der Waals surface area contributed by atoms with Crippen LogP contribution >= 0.6 is 11.3 Å². The van der Waals surface area contributed by atoms with E-state index in [0.29, 0.717) is 5.95 Å². The van der Waals surface area contributed by atoms with Crippen molar-refractivity contribution in [1.82, 2.24) is 9.97 Å². The van der Waals surface area contributed by atoms with E-state index in [1.807, 2.05) is 0 Å². The molecule has 3 N–H and O–H groups in total. The Labute approximate surface area is 123 Å². The van der Waals surface area contributed by atoms with Crippen LogP contribution in [-0.2, 0) is 0 Å². The summed E-state index contributed by atoms with van der Waals surface area (Å²) in [7, 11) is 0. The van der Waals surface area contributed by atoms with Crippen LogP contribution in [0, 0.1) is 12.8 Å². The number of rotatable bonds is 5. The lowest BCUT2D eigenvalue weighted by Crippen LogP contribution is -2.07. The maximum absolute atomic E-state index is 5.78. The highest BCUT2D eigenvalue weighted by Crippen LogP contribution is 2.30. The minimum absolute atomic E-state index is 0.359. The number of fused-ring (bicyclic) bond motifs is 1. The van der Waals surface area contributed by atoms with E-state index in [9.17, 15) is 0 Å². The number of nitrogens with one attached hydrogen (secondary N) is 1. The predicted octanol–water partition coefficient (Wildman–Crippen LogP) is 3.96. The third kappa shape index (κ3) is 3.03. The van der Waals surface area contributed by atoms with Gasteiger partial charge in [-0.25, -0.2) is 4.98 Å². The molecule has 108 valence electrons. The molecule has 4 nitrogen and oxygen atoms in total. The van der Waals surface area contributed by atoms with Gasteiger partial charge < -0.3 is 11.1 Å². The van der Waals surface area contributed by atoms with Crippen LogP contribution in [-0.4, -0.2) is 16.5 Å². The molecule has 5 heteroatoms. The summed E-state index contributed by atoms with van der Waals surface area (Å²) in [6.07, 6.45) is 8.24. The molecule has 20 heavy (non-hydrogen) atoms. The van der Waals surface area contributed by atoms with Gasteiger partial charge in [0.25, 0.3) is 0 Å². The summed E-state index contributed by atoms with van der Waals surface area (Å²) < 4.78 is 0. The highest BCUT2D eigenvalue weighted by molar-refractivity contribution is 7.18. The zero-order valence-corrected chi connectivity index (χ0v) is 12.8. The van der Waals surface area contributed by atoms with Crippen LogP contribution in [0.1, 0.15) is 43.4 Å². The Hall–Kier alpha value is -1.36. The Bertz CT molecular complexity index is 587. The van der Waals surface area contributed by atoms with Gasteiger partial charge in [0.1, 0.15) is 10.6 Å². The number of anilines is 2. The lowest BCUT2D eigenvalue weighted by molar-refractivity contribution is 0.491. The molecule has 2 aromatic rings. The van der Waals surface area contributed by atoms with E-state index in [-0.39, 0.29) is 0 Å². The van der Waals surface area contributed by atoms with Crippen molar-refractivity contribution in [2.45, 2.75) is 45.4 Å². The summed E-state index contributed by atoms with van der Waals surface area (Å²) in [5.74, 6) is 2.21. The molecular weight excluding hydrogens is 268 g/mol. The summed E-state index contributed by atoms with van der Waals surface area (Å²) in [6, 6.07) is 2.14. The number of nitrogens with zero attached hydrogens (tertiary/aromatic N) is 2. The smallest absolute Gasteiger partial charge is 0.223 e. The first-order valence-electron chi connectivity index (χ1n) is 7.50. The summed E-state index contributed by atoms with van der Waals surface area (Å²) in [5.41, 5.74) is 5.78. The lowest BCUT2D eigenvalue weighted by atomic mass is 10.0. The van der Waals surface area contributed by atoms with Crippen molar-refractivity contribution in [3.8, 4) is 0 Å². The summed E-state index contributed by atoms with van der Waals surface area (Å²) in [6.45, 7) is 3.06. The van der Waals surface area contributed by atoms with Crippen LogP contribution < -0.4 is 11.1 Å². The van der Waals surface area contributed by atoms with Crippen molar-refractivity contribution in [3.05, 3.63) is 10.9 Å². The molecule has 2 aromatic heterocycles. The number of aryl methyl sites for hydroxylation is 1. The average Bonchev–Trinajstić information content (AvgIpc) is 3.02. The molecule has 0 spiro atoms. The van der Waals surface area contributed by atoms with E-state index in [1.165, 1.54) is 43.4 Å². The Morgan fingerprint density at radius 2 is 2.15 bits per heavy atom. The number of nitrogen functional groups attached to an aromatic ring is 1. The number of hydrogen-bond donors (Lipinski definition) is 2. The first-order valence-corrected chi connectivity index (χ1v) is 8.31. The van der Waals surface area contributed by atoms with Crippen LogP contribution in [0.4, 0.5) is 11.8 Å². The third-order valence-electron chi connectivity index (χ3n) is 4.09. The second-order valence-electron chi connectivity index (χ2n) is 5.73. The molecule has 1 aliphatic carbocycles. The van der Waals surface area contributed by atoms with Gasteiger partial charge in [-0.3, -0.25) is 0 Å². The zero-order valence-electron chi connectivity index (χ0n) is 12.0. The van der Waals surface area contributed by atoms with E-state index in [4.69, 9.17) is 5.73 Å². The Morgan fingerprint density at radius 1 is 1.35 bits per heavy atom. The fourth-order valence-corrected chi connectivity index (χ4v) is 3.98. The second-order valence-corrected chi connectivity index (χ2v) is 6.96. The number of nitrogens with two attached hydrogens (primary N) is 1. The van der Waals surface area contributed by atoms with Gasteiger partial charge in [0, 0.05) is 11.4 Å². The molecule has 0 radical (unpaired) electrons. The first kappa shape index (κ1) is 13.6. The first-order chi connectivity index (χ1) is 9.72. The van der Waals surface area contributed by atoms with E-state index in [2.05, 4.69) is 28.3 Å². The summed E-state index contributed by atoms with van der Waals surface area (Å²) in [5, 5.41) is 4.54. The third-order valence-corrected chi connectivity index (χ3v) is 5.03. The van der Waals surface area contributed by atoms with E-state index in [0.717, 1.165) is 28.5 Å². The molecule has 0 amide bonds. The van der Waals surface area contributed by atoms with Gasteiger partial charge >= 0.3 is 0 Å². The van der Waals surface area contributed by atoms with Crippen molar-refractivity contribution in [2.24, 2.45) is 5.92 Å². The zero-order chi connectivity index (χ0) is 13.9. The van der Waals surface area contributed by atoms with Crippen molar-refractivity contribution >= 4 is 33.3 Å². The maximum atomic E-state index is 5.78. The molecule has 0 atom stereocenters. The van der Waals surface area contributed by atoms with E-state index >= 15 is 0 Å². The molecule has 1 fully saturated rings. The van der Waals surface area contributed by atoms with E-state index < -0.39 is 0 Å². The standard InChI is InChI=1S/C15H22N4S/c1-10-9-12-13(18-15(16)19-14(12)20-10)17-8-4-7-11-5-2-3-6-11/h9,11H,2-8H2,1H3,(H3,16,17,18,19). The fourth-order valence-electron chi connectivity index (χ4n) is 3.09. The molecule has 2 heterocycles. The minimum Gasteiger partial charge on any atom is -0.369 e. The lowest BCUT2D eigenvalue weighted by Gasteiger charge is -2.10. The van der Waals surface area contributed by atoms with Crippen LogP contribution in [0.2, 0.25) is 0 Å². The Kier molecular flexibility index (Phi) is 4.05. The number of aromatic nitrogens is 2. The van der Waals surface area contributed by atoms with Crippen molar-refractivity contribution in [1.29, 1.82) is 0 Å². The summed E-state index contributed by atoms with van der Waals surface area (Å²) in [4.78, 5) is 10.9. The fraction of sp³-hybridized carbons (Fsp3) is 0.600. The SMILES string of the molecule is Cc1cc2c(NCCCC3CCCC3)nc(N)nc2s1. The minimum atomic E-state index is 0.359. The van der Waals surface area contributed by atoms with Crippen LogP contribution in [0.5, 0.6) is 0 Å². The van der Waals surface area contributed by atoms with Gasteiger partial charge in [-0.15, -0.1) is 11.3 Å². The monoisotopic (exact) mass is 290 g/mol. The molecule has 0 bridgehead atoms. The van der Waals surface area contributed by atoms with Gasteiger partial charge in [-0.05, 0) is 31.7 Å². The number of hydrogen-bond acceptors (Lipinski definition) is 5. The molecule has 0 saturated heterocycles. The van der Waals surface area contributed by atoms with Crippen molar-refractivity contribution < 1.29 is 0 Å². The molecular formula is C15H22N4S. The molecule has 0 aromatic carbocycles. The van der Waals surface area contributed by atoms with Crippen molar-refractivity contribution in [3.63, 3.8) is 0 Å². The quantitative estimate of drug-likeness (QED) is 0.818. The van der Waals surface area contributed by atoms with Gasteiger partial charge in [-0.2, -0.15) is 4.98 Å². The second kappa shape index (κ2) is 5.95. The van der Waals surface area contributed by atoms with Gasteiger partial charge in [0.05, 0.1) is 5.39 Å². The molecule has 1 aliphatic rings. The molecule has 0 unspecified atom stereocenters. The predicted molar refractivity (Wildman–Crippen MR) is 86.2 cm³/mol. The highest BCUT2D eigenvalue weighted by Gasteiger charge is 2.14. The molecule has 3 rings (SSSR count). The van der Waals surface area contributed by atoms with Crippen LogP contribution in [0.25, 0.3) is 10.2 Å². The normalized spacial score (nSPS) is 16.1. The average molecular weight is 290 g/mol. The van der Waals surface area contributed by atoms with Crippen LogP contribution in [0.15, 0.2) is 6.07 Å². The van der Waals surface area contributed by atoms with Gasteiger partial charge in [0.15, 0.2) is 0 Å². The molecule has 0 aliphatic heterocycles. The van der Waals surface area contributed by atoms with Gasteiger partial charge in [0.2, 0.25) is 5.95 Å². The van der Waals surface area contributed by atoms with Gasteiger partial charge in [-0.1, -0.05) is 25.7 Å².